The van der Waals surface area contributed by atoms with Crippen LogP contribution in [0, 0.1) is 5.41 Å². The van der Waals surface area contributed by atoms with E-state index in [1.165, 1.54) is 6.21 Å². The van der Waals surface area contributed by atoms with Crippen molar-refractivity contribution < 1.29 is 0 Å². The fourth-order valence-corrected chi connectivity index (χ4v) is 1.76. The molecule has 0 radical (unpaired) electrons. The topological polar surface area (TPSA) is 62.8 Å². The highest BCUT2D eigenvalue weighted by Crippen LogP contribution is 2.22. The molecule has 2 rings (SSSR count). The molecule has 0 fully saturated rings. The molecular weight excluding hydrogens is 246 g/mol. The smallest absolute Gasteiger partial charge is 0.0483 e. The highest BCUT2D eigenvalue weighted by atomic mass is 35.5. The van der Waals surface area contributed by atoms with E-state index in [2.05, 4.69) is 4.98 Å². The number of allylic oxidation sites excluding steroid dienone is 1. The van der Waals surface area contributed by atoms with Crippen molar-refractivity contribution in [2.24, 2.45) is 5.73 Å². The molecule has 90 valence electrons. The third-order valence-electron chi connectivity index (χ3n) is 2.58. The Hall–Kier alpha value is -2.13. The van der Waals surface area contributed by atoms with E-state index in [4.69, 9.17) is 22.7 Å². The van der Waals surface area contributed by atoms with E-state index in [9.17, 15) is 0 Å². The Morgan fingerprint density at radius 2 is 1.67 bits per heavy atom. The standard InChI is InChI=1S/C14H12ClN3/c15-12-3-1-10(2-4-12)13(9-16)14(17)11-5-7-18-8-6-11/h1-9,16H,17H2/b14-13+,16-9?. The minimum absolute atomic E-state index is 0.551. The number of halogens is 1. The Balaban J connectivity index is 2.50. The van der Waals surface area contributed by atoms with E-state index >= 15 is 0 Å². The molecule has 3 N–H and O–H groups in total. The van der Waals surface area contributed by atoms with Crippen LogP contribution in [0.2, 0.25) is 5.02 Å². The van der Waals surface area contributed by atoms with E-state index in [-0.39, 0.29) is 0 Å². The summed E-state index contributed by atoms with van der Waals surface area (Å²) in [6, 6.07) is 10.9. The quantitative estimate of drug-likeness (QED) is 0.830. The molecule has 0 aliphatic rings. The lowest BCUT2D eigenvalue weighted by atomic mass is 10.0. The van der Waals surface area contributed by atoms with Crippen molar-refractivity contribution in [3.63, 3.8) is 0 Å². The number of rotatable bonds is 3. The Morgan fingerprint density at radius 1 is 1.06 bits per heavy atom. The van der Waals surface area contributed by atoms with Gasteiger partial charge in [-0.1, -0.05) is 23.7 Å². The molecule has 0 aliphatic carbocycles. The minimum Gasteiger partial charge on any atom is -0.398 e. The third-order valence-corrected chi connectivity index (χ3v) is 2.83. The monoisotopic (exact) mass is 257 g/mol. The van der Waals surface area contributed by atoms with Gasteiger partial charge in [-0.2, -0.15) is 0 Å². The molecule has 2 aromatic rings. The molecule has 4 heteroatoms. The van der Waals surface area contributed by atoms with Gasteiger partial charge >= 0.3 is 0 Å². The fraction of sp³-hybridized carbons (Fsp3) is 0. The molecule has 0 spiro atoms. The fourth-order valence-electron chi connectivity index (χ4n) is 1.63. The summed E-state index contributed by atoms with van der Waals surface area (Å²) in [6.07, 6.45) is 4.59. The number of aromatic nitrogens is 1. The molecule has 0 bridgehead atoms. The molecule has 0 aliphatic heterocycles. The first-order chi connectivity index (χ1) is 8.72. The molecule has 3 nitrogen and oxygen atoms in total. The first-order valence-corrected chi connectivity index (χ1v) is 5.76. The molecule has 18 heavy (non-hydrogen) atoms. The van der Waals surface area contributed by atoms with Crippen LogP contribution >= 0.6 is 11.6 Å². The molecule has 1 heterocycles. The average Bonchev–Trinajstić information content (AvgIpc) is 2.42. The molecule has 0 atom stereocenters. The van der Waals surface area contributed by atoms with Gasteiger partial charge in [-0.05, 0) is 29.8 Å². The van der Waals surface area contributed by atoms with Crippen LogP contribution in [-0.2, 0) is 0 Å². The summed E-state index contributed by atoms with van der Waals surface area (Å²) in [5.41, 5.74) is 9.01. The zero-order valence-corrected chi connectivity index (χ0v) is 10.4. The highest BCUT2D eigenvalue weighted by Gasteiger charge is 2.06. The summed E-state index contributed by atoms with van der Waals surface area (Å²) in [5.74, 6) is 0. The van der Waals surface area contributed by atoms with E-state index in [0.717, 1.165) is 11.1 Å². The zero-order chi connectivity index (χ0) is 13.0. The van der Waals surface area contributed by atoms with Crippen LogP contribution in [0.4, 0.5) is 0 Å². The van der Waals surface area contributed by atoms with E-state index in [0.29, 0.717) is 16.3 Å². The van der Waals surface area contributed by atoms with Crippen molar-refractivity contribution in [3.05, 3.63) is 64.9 Å². The molecule has 1 aromatic heterocycles. The van der Waals surface area contributed by atoms with Crippen LogP contribution < -0.4 is 5.73 Å². The second-order valence-electron chi connectivity index (χ2n) is 3.71. The number of hydrogen-bond acceptors (Lipinski definition) is 3. The number of nitrogens with zero attached hydrogens (tertiary/aromatic N) is 1. The molecule has 0 unspecified atom stereocenters. The first-order valence-electron chi connectivity index (χ1n) is 5.39. The number of benzene rings is 1. The second kappa shape index (κ2) is 5.47. The van der Waals surface area contributed by atoms with Crippen molar-refractivity contribution in [2.45, 2.75) is 0 Å². The Labute approximate surface area is 110 Å². The van der Waals surface area contributed by atoms with E-state index < -0.39 is 0 Å². The van der Waals surface area contributed by atoms with Gasteiger partial charge in [0.2, 0.25) is 0 Å². The van der Waals surface area contributed by atoms with Gasteiger partial charge in [0.05, 0.1) is 0 Å². The van der Waals surface area contributed by atoms with Crippen molar-refractivity contribution in [2.75, 3.05) is 0 Å². The van der Waals surface area contributed by atoms with Crippen LogP contribution in [0.1, 0.15) is 11.1 Å². The lowest BCUT2D eigenvalue weighted by Gasteiger charge is -2.08. The summed E-state index contributed by atoms with van der Waals surface area (Å²) in [7, 11) is 0. The van der Waals surface area contributed by atoms with Crippen LogP contribution in [0.15, 0.2) is 48.8 Å². The summed E-state index contributed by atoms with van der Waals surface area (Å²) in [4.78, 5) is 3.94. The van der Waals surface area contributed by atoms with Crippen molar-refractivity contribution in [1.82, 2.24) is 4.98 Å². The maximum absolute atomic E-state index is 7.52. The number of pyridine rings is 1. The van der Waals surface area contributed by atoms with E-state index in [1.54, 1.807) is 24.5 Å². The number of nitrogens with two attached hydrogens (primary N) is 1. The molecule has 0 saturated carbocycles. The normalized spacial score (nSPS) is 11.8. The maximum Gasteiger partial charge on any atom is 0.0483 e. The predicted octanol–water partition coefficient (Wildman–Crippen LogP) is 3.21. The Bertz CT molecular complexity index is 574. The van der Waals surface area contributed by atoms with Crippen LogP contribution in [-0.4, -0.2) is 11.2 Å². The van der Waals surface area contributed by atoms with Gasteiger partial charge in [0.15, 0.2) is 0 Å². The van der Waals surface area contributed by atoms with Crippen molar-refractivity contribution >= 4 is 29.1 Å². The van der Waals surface area contributed by atoms with Crippen LogP contribution in [0.5, 0.6) is 0 Å². The zero-order valence-electron chi connectivity index (χ0n) is 9.60. The lowest BCUT2D eigenvalue weighted by molar-refractivity contribution is 1.31. The van der Waals surface area contributed by atoms with Crippen LogP contribution in [0.3, 0.4) is 0 Å². The molecule has 0 saturated heterocycles. The van der Waals surface area contributed by atoms with Gasteiger partial charge in [0.25, 0.3) is 0 Å². The Morgan fingerprint density at radius 3 is 2.22 bits per heavy atom. The van der Waals surface area contributed by atoms with Crippen molar-refractivity contribution in [3.8, 4) is 0 Å². The van der Waals surface area contributed by atoms with Crippen LogP contribution in [0.25, 0.3) is 11.3 Å². The summed E-state index contributed by atoms with van der Waals surface area (Å²) in [5, 5.41) is 8.18. The lowest BCUT2D eigenvalue weighted by Crippen LogP contribution is -2.02. The maximum atomic E-state index is 7.52. The number of nitrogens with one attached hydrogen (secondary N) is 1. The van der Waals surface area contributed by atoms with E-state index in [1.807, 2.05) is 24.3 Å². The SMILES string of the molecule is N=C/C(=C(\N)c1ccncc1)c1ccc(Cl)cc1. The molecular formula is C14H12ClN3. The van der Waals surface area contributed by atoms with Gasteiger partial charge in [0, 0.05) is 40.5 Å². The summed E-state index contributed by atoms with van der Waals surface area (Å²) < 4.78 is 0. The highest BCUT2D eigenvalue weighted by molar-refractivity contribution is 6.30. The summed E-state index contributed by atoms with van der Waals surface area (Å²) >= 11 is 5.84. The first kappa shape index (κ1) is 12.3. The average molecular weight is 258 g/mol. The van der Waals surface area contributed by atoms with Gasteiger partial charge < -0.3 is 11.1 Å². The van der Waals surface area contributed by atoms with Gasteiger partial charge in [-0.25, -0.2) is 0 Å². The third kappa shape index (κ3) is 2.57. The molecule has 0 amide bonds. The minimum atomic E-state index is 0.551. The predicted molar refractivity (Wildman–Crippen MR) is 75.5 cm³/mol. The van der Waals surface area contributed by atoms with Gasteiger partial charge in [-0.15, -0.1) is 0 Å². The second-order valence-corrected chi connectivity index (χ2v) is 4.15. The van der Waals surface area contributed by atoms with Gasteiger partial charge in [0.1, 0.15) is 0 Å². The van der Waals surface area contributed by atoms with Crippen molar-refractivity contribution in [1.29, 1.82) is 5.41 Å². The molecule has 1 aromatic carbocycles. The Kier molecular flexibility index (Phi) is 3.75. The number of hydrogen-bond donors (Lipinski definition) is 2. The largest absolute Gasteiger partial charge is 0.398 e. The van der Waals surface area contributed by atoms with Gasteiger partial charge in [-0.3, -0.25) is 4.98 Å². The summed E-state index contributed by atoms with van der Waals surface area (Å²) in [6.45, 7) is 0.